The van der Waals surface area contributed by atoms with Crippen molar-refractivity contribution in [3.05, 3.63) is 102 Å². The van der Waals surface area contributed by atoms with Crippen LogP contribution in [0.3, 0.4) is 0 Å². The van der Waals surface area contributed by atoms with Crippen LogP contribution in [0.15, 0.2) is 63.7 Å². The number of aromatic nitrogens is 2. The van der Waals surface area contributed by atoms with Crippen molar-refractivity contribution in [3.8, 4) is 0 Å². The van der Waals surface area contributed by atoms with Gasteiger partial charge in [0.1, 0.15) is 5.82 Å². The molecule has 29 heavy (non-hydrogen) atoms. The van der Waals surface area contributed by atoms with Crippen LogP contribution in [-0.4, -0.2) is 15.3 Å². The number of hydrogen-bond donors (Lipinski definition) is 2. The van der Waals surface area contributed by atoms with Crippen LogP contribution in [0.4, 0.5) is 5.82 Å². The second-order valence-electron chi connectivity index (χ2n) is 7.01. The zero-order chi connectivity index (χ0) is 20.3. The van der Waals surface area contributed by atoms with Crippen molar-refractivity contribution in [1.29, 1.82) is 0 Å². The molecular weight excluding hydrogens is 390 g/mol. The third-order valence-electron chi connectivity index (χ3n) is 5.54. The molecule has 1 aromatic heterocycles. The van der Waals surface area contributed by atoms with Crippen LogP contribution in [0, 0.1) is 0 Å². The van der Waals surface area contributed by atoms with E-state index in [1.165, 1.54) is 4.57 Å². The minimum Gasteiger partial charge on any atom is -0.340 e. The lowest BCUT2D eigenvalue weighted by Gasteiger charge is -2.29. The maximum atomic E-state index is 13.3. The highest BCUT2D eigenvalue weighted by Gasteiger charge is 2.42. The zero-order valence-electron chi connectivity index (χ0n) is 15.5. The predicted molar refractivity (Wildman–Crippen MR) is 112 cm³/mol. The van der Waals surface area contributed by atoms with Crippen molar-refractivity contribution in [2.45, 2.75) is 19.4 Å². The summed E-state index contributed by atoms with van der Waals surface area (Å²) in [6.07, 6.45) is 0. The third kappa shape index (κ3) is 2.39. The number of benzene rings is 2. The number of nitrogens with zero attached hydrogens (tertiary/aromatic N) is 1. The summed E-state index contributed by atoms with van der Waals surface area (Å²) in [7, 11) is 0. The van der Waals surface area contributed by atoms with Gasteiger partial charge in [-0.3, -0.25) is 19.1 Å². The molecule has 2 aliphatic rings. The SMILES string of the molecule is CCn1c2c(c(=O)[nH]c1=O)[C@@H](c1ccccc1Cl)C1=C(N2)c2ccccc2C1=O. The van der Waals surface area contributed by atoms with Gasteiger partial charge in [0, 0.05) is 28.3 Å². The summed E-state index contributed by atoms with van der Waals surface area (Å²) in [5, 5.41) is 3.68. The van der Waals surface area contributed by atoms with Crippen LogP contribution in [0.1, 0.15) is 39.9 Å². The van der Waals surface area contributed by atoms with Crippen molar-refractivity contribution in [1.82, 2.24) is 9.55 Å². The lowest BCUT2D eigenvalue weighted by atomic mass is 9.81. The maximum Gasteiger partial charge on any atom is 0.329 e. The summed E-state index contributed by atoms with van der Waals surface area (Å²) >= 11 is 6.50. The minimum atomic E-state index is -0.683. The Hall–Kier alpha value is -3.38. The van der Waals surface area contributed by atoms with Crippen LogP contribution >= 0.6 is 11.6 Å². The number of allylic oxidation sites excluding steroid dienone is 1. The molecular formula is C22H16ClN3O3. The Kier molecular flexibility index (Phi) is 3.86. The average Bonchev–Trinajstić information content (AvgIpc) is 3.00. The summed E-state index contributed by atoms with van der Waals surface area (Å²) in [6, 6.07) is 14.4. The van der Waals surface area contributed by atoms with E-state index in [2.05, 4.69) is 10.3 Å². The van der Waals surface area contributed by atoms with Gasteiger partial charge in [0.2, 0.25) is 0 Å². The van der Waals surface area contributed by atoms with Gasteiger partial charge in [-0.15, -0.1) is 0 Å². The molecule has 144 valence electrons. The summed E-state index contributed by atoms with van der Waals surface area (Å²) in [5.41, 5.74) is 2.36. The van der Waals surface area contributed by atoms with Crippen LogP contribution in [-0.2, 0) is 6.54 Å². The van der Waals surface area contributed by atoms with Crippen LogP contribution in [0.25, 0.3) is 5.70 Å². The molecule has 1 atom stereocenters. The highest BCUT2D eigenvalue weighted by atomic mass is 35.5. The predicted octanol–water partition coefficient (Wildman–Crippen LogP) is 3.37. The quantitative estimate of drug-likeness (QED) is 0.684. The minimum absolute atomic E-state index is 0.146. The van der Waals surface area contributed by atoms with Gasteiger partial charge in [0.15, 0.2) is 5.78 Å². The van der Waals surface area contributed by atoms with E-state index < -0.39 is 17.2 Å². The van der Waals surface area contributed by atoms with Gasteiger partial charge in [0.25, 0.3) is 5.56 Å². The fourth-order valence-electron chi connectivity index (χ4n) is 4.29. The fraction of sp³-hybridized carbons (Fsp3) is 0.136. The third-order valence-corrected chi connectivity index (χ3v) is 5.89. The summed E-state index contributed by atoms with van der Waals surface area (Å²) in [6.45, 7) is 2.18. The number of nitrogens with one attached hydrogen (secondary N) is 2. The fourth-order valence-corrected chi connectivity index (χ4v) is 4.53. The first-order valence-electron chi connectivity index (χ1n) is 9.29. The summed E-state index contributed by atoms with van der Waals surface area (Å²) < 4.78 is 1.47. The molecule has 1 aliphatic carbocycles. The highest BCUT2D eigenvalue weighted by molar-refractivity contribution is 6.32. The van der Waals surface area contributed by atoms with Crippen LogP contribution < -0.4 is 16.6 Å². The van der Waals surface area contributed by atoms with Gasteiger partial charge in [-0.05, 0) is 18.6 Å². The maximum absolute atomic E-state index is 13.3. The van der Waals surface area contributed by atoms with Gasteiger partial charge in [-0.2, -0.15) is 0 Å². The number of carbonyl (C=O) groups excluding carboxylic acids is 1. The molecule has 1 aliphatic heterocycles. The summed E-state index contributed by atoms with van der Waals surface area (Å²) in [5.74, 6) is -0.432. The van der Waals surface area contributed by atoms with Crippen molar-refractivity contribution in [3.63, 3.8) is 0 Å². The van der Waals surface area contributed by atoms with Gasteiger partial charge >= 0.3 is 5.69 Å². The van der Waals surface area contributed by atoms with E-state index in [1.807, 2.05) is 37.3 Å². The van der Waals surface area contributed by atoms with E-state index in [-0.39, 0.29) is 5.78 Å². The van der Waals surface area contributed by atoms with E-state index in [4.69, 9.17) is 11.6 Å². The average molecular weight is 406 g/mol. The number of Topliss-reactive ketones (excluding diaryl/α,β-unsaturated/α-hetero) is 1. The molecule has 0 saturated carbocycles. The van der Waals surface area contributed by atoms with E-state index in [0.717, 1.165) is 5.56 Å². The smallest absolute Gasteiger partial charge is 0.329 e. The molecule has 3 aromatic rings. The van der Waals surface area contributed by atoms with E-state index >= 15 is 0 Å². The van der Waals surface area contributed by atoms with Gasteiger partial charge in [-0.1, -0.05) is 54.1 Å². The van der Waals surface area contributed by atoms with Gasteiger partial charge < -0.3 is 5.32 Å². The Bertz CT molecular complexity index is 1350. The Labute approximate surface area is 170 Å². The first-order chi connectivity index (χ1) is 14.0. The number of hydrogen-bond acceptors (Lipinski definition) is 4. The molecule has 7 heteroatoms. The van der Waals surface area contributed by atoms with Gasteiger partial charge in [-0.25, -0.2) is 4.79 Å². The monoisotopic (exact) mass is 405 g/mol. The normalized spacial score (nSPS) is 16.9. The molecule has 5 rings (SSSR count). The molecule has 0 amide bonds. The van der Waals surface area contributed by atoms with Crippen molar-refractivity contribution >= 4 is 28.9 Å². The lowest BCUT2D eigenvalue weighted by Crippen LogP contribution is -2.38. The van der Waals surface area contributed by atoms with Crippen LogP contribution in [0.2, 0.25) is 5.02 Å². The molecule has 0 unspecified atom stereocenters. The Morgan fingerprint density at radius 3 is 2.41 bits per heavy atom. The molecule has 0 radical (unpaired) electrons. The molecule has 0 bridgehead atoms. The first kappa shape index (κ1) is 17.7. The lowest BCUT2D eigenvalue weighted by molar-refractivity contribution is 0.103. The van der Waals surface area contributed by atoms with E-state index in [9.17, 15) is 14.4 Å². The standard InChI is InChI=1S/C22H16ClN3O3/c1-2-26-20-17(21(28)25-22(26)29)15(13-9-5-6-10-14(13)23)16-18(24-20)11-7-3-4-8-12(11)19(16)27/h3-10,15,24H,2H2,1H3,(H,25,28,29)/t15-/m0/s1. The molecule has 0 spiro atoms. The van der Waals surface area contributed by atoms with Crippen molar-refractivity contribution in [2.75, 3.05) is 5.32 Å². The van der Waals surface area contributed by atoms with Crippen LogP contribution in [0.5, 0.6) is 0 Å². The van der Waals surface area contributed by atoms with Crippen molar-refractivity contribution < 1.29 is 4.79 Å². The number of carbonyl (C=O) groups is 1. The number of ketones is 1. The Morgan fingerprint density at radius 1 is 1.00 bits per heavy atom. The number of fused-ring (bicyclic) bond motifs is 3. The van der Waals surface area contributed by atoms with E-state index in [1.54, 1.807) is 18.2 Å². The van der Waals surface area contributed by atoms with E-state index in [0.29, 0.717) is 45.3 Å². The molecule has 0 fully saturated rings. The largest absolute Gasteiger partial charge is 0.340 e. The number of rotatable bonds is 2. The number of halogens is 1. The molecule has 2 N–H and O–H groups in total. The summed E-state index contributed by atoms with van der Waals surface area (Å²) in [4.78, 5) is 41.1. The highest BCUT2D eigenvalue weighted by Crippen LogP contribution is 2.48. The molecule has 2 aromatic carbocycles. The second kappa shape index (κ2) is 6.32. The molecule has 2 heterocycles. The second-order valence-corrected chi connectivity index (χ2v) is 7.42. The van der Waals surface area contributed by atoms with Crippen molar-refractivity contribution in [2.24, 2.45) is 0 Å². The molecule has 6 nitrogen and oxygen atoms in total. The molecule has 0 saturated heterocycles. The Morgan fingerprint density at radius 2 is 1.69 bits per heavy atom. The number of anilines is 1. The Balaban J connectivity index is 1.90. The first-order valence-corrected chi connectivity index (χ1v) is 9.67. The number of H-pyrrole nitrogens is 1. The number of aromatic amines is 1. The topological polar surface area (TPSA) is 84.0 Å². The zero-order valence-corrected chi connectivity index (χ0v) is 16.2. The van der Waals surface area contributed by atoms with Gasteiger partial charge in [0.05, 0.1) is 17.2 Å².